The molecule has 0 saturated carbocycles. The van der Waals surface area contributed by atoms with Crippen molar-refractivity contribution in [2.45, 2.75) is 6.42 Å². The lowest BCUT2D eigenvalue weighted by atomic mass is 10.1. The molecular weight excluding hydrogens is 174 g/mol. The molecule has 1 aromatic heterocycles. The van der Waals surface area contributed by atoms with Crippen LogP contribution < -0.4 is 0 Å². The molecule has 2 heteroatoms. The Bertz CT molecular complexity index is 393. The second kappa shape index (κ2) is 3.76. The van der Waals surface area contributed by atoms with Gasteiger partial charge in [0.25, 0.3) is 0 Å². The Morgan fingerprint density at radius 2 is 2.50 bits per heavy atom. The smallest absolute Gasteiger partial charge is 0.0680 e. The maximum atomic E-state index is 5.11. The van der Waals surface area contributed by atoms with Gasteiger partial charge < -0.3 is 4.74 Å². The van der Waals surface area contributed by atoms with Gasteiger partial charge in [0, 0.05) is 25.3 Å². The maximum absolute atomic E-state index is 5.11. The third kappa shape index (κ3) is 1.49. The standard InChI is InChI=1S/C12H13NO/c1-3-10-4-5-13-12-7-9(8-14-2)6-11(10)12/h3-6H,1,7-8H2,2H3. The highest BCUT2D eigenvalue weighted by Gasteiger charge is 2.15. The van der Waals surface area contributed by atoms with E-state index in [1.807, 2.05) is 18.3 Å². The minimum atomic E-state index is 0.687. The SMILES string of the molecule is C=Cc1ccnc2c1C=C(COC)C2. The average Bonchev–Trinajstić information content (AvgIpc) is 2.60. The van der Waals surface area contributed by atoms with Gasteiger partial charge in [-0.15, -0.1) is 0 Å². The number of methoxy groups -OCH3 is 1. The molecule has 0 spiro atoms. The number of nitrogens with zero attached hydrogens (tertiary/aromatic N) is 1. The minimum absolute atomic E-state index is 0.687. The van der Waals surface area contributed by atoms with Crippen LogP contribution in [0.4, 0.5) is 0 Å². The molecule has 1 aliphatic rings. The van der Waals surface area contributed by atoms with Gasteiger partial charge in [-0.2, -0.15) is 0 Å². The molecular formula is C12H13NO. The number of rotatable bonds is 3. The lowest BCUT2D eigenvalue weighted by Crippen LogP contribution is -1.95. The fourth-order valence-electron chi connectivity index (χ4n) is 1.77. The molecule has 0 fully saturated rings. The second-order valence-electron chi connectivity index (χ2n) is 3.38. The normalized spacial score (nSPS) is 13.6. The molecule has 1 aliphatic carbocycles. The van der Waals surface area contributed by atoms with E-state index in [-0.39, 0.29) is 0 Å². The second-order valence-corrected chi connectivity index (χ2v) is 3.38. The predicted molar refractivity (Wildman–Crippen MR) is 57.9 cm³/mol. The first-order valence-corrected chi connectivity index (χ1v) is 4.64. The van der Waals surface area contributed by atoms with Crippen LogP contribution in [0.5, 0.6) is 0 Å². The predicted octanol–water partition coefficient (Wildman–Crippen LogP) is 2.31. The first kappa shape index (κ1) is 9.16. The van der Waals surface area contributed by atoms with Crippen LogP contribution in [0.3, 0.4) is 0 Å². The molecule has 0 amide bonds. The third-order valence-corrected chi connectivity index (χ3v) is 2.40. The quantitative estimate of drug-likeness (QED) is 0.724. The zero-order valence-electron chi connectivity index (χ0n) is 8.29. The fraction of sp³-hybridized carbons (Fsp3) is 0.250. The molecule has 0 N–H and O–H groups in total. The van der Waals surface area contributed by atoms with E-state index in [0.29, 0.717) is 6.61 Å². The van der Waals surface area contributed by atoms with Gasteiger partial charge in [0.15, 0.2) is 0 Å². The number of aromatic nitrogens is 1. The number of hydrogen-bond acceptors (Lipinski definition) is 2. The van der Waals surface area contributed by atoms with Crippen molar-refractivity contribution in [1.82, 2.24) is 4.98 Å². The van der Waals surface area contributed by atoms with E-state index in [1.54, 1.807) is 7.11 Å². The van der Waals surface area contributed by atoms with E-state index in [0.717, 1.165) is 17.7 Å². The first-order valence-electron chi connectivity index (χ1n) is 4.64. The molecule has 0 unspecified atom stereocenters. The number of hydrogen-bond donors (Lipinski definition) is 0. The van der Waals surface area contributed by atoms with E-state index in [2.05, 4.69) is 17.6 Å². The van der Waals surface area contributed by atoms with Crippen LogP contribution in [0.2, 0.25) is 0 Å². The molecule has 0 aliphatic heterocycles. The summed E-state index contributed by atoms with van der Waals surface area (Å²) in [5, 5.41) is 0. The minimum Gasteiger partial charge on any atom is -0.380 e. The molecule has 0 radical (unpaired) electrons. The summed E-state index contributed by atoms with van der Waals surface area (Å²) in [5.74, 6) is 0. The van der Waals surface area contributed by atoms with E-state index < -0.39 is 0 Å². The molecule has 1 aromatic rings. The van der Waals surface area contributed by atoms with Crippen molar-refractivity contribution in [2.24, 2.45) is 0 Å². The largest absolute Gasteiger partial charge is 0.380 e. The molecule has 0 atom stereocenters. The van der Waals surface area contributed by atoms with E-state index >= 15 is 0 Å². The monoisotopic (exact) mass is 187 g/mol. The van der Waals surface area contributed by atoms with Gasteiger partial charge in [-0.1, -0.05) is 18.7 Å². The van der Waals surface area contributed by atoms with Gasteiger partial charge in [-0.25, -0.2) is 0 Å². The van der Waals surface area contributed by atoms with Crippen LogP contribution in [-0.4, -0.2) is 18.7 Å². The lowest BCUT2D eigenvalue weighted by molar-refractivity contribution is 0.225. The van der Waals surface area contributed by atoms with Gasteiger partial charge in [0.05, 0.1) is 12.3 Å². The molecule has 2 nitrogen and oxygen atoms in total. The van der Waals surface area contributed by atoms with Crippen molar-refractivity contribution in [3.63, 3.8) is 0 Å². The number of pyridine rings is 1. The molecule has 1 heterocycles. The van der Waals surface area contributed by atoms with E-state index in [4.69, 9.17) is 4.74 Å². The maximum Gasteiger partial charge on any atom is 0.0680 e. The van der Waals surface area contributed by atoms with Crippen LogP contribution in [0, 0.1) is 0 Å². The van der Waals surface area contributed by atoms with Crippen LogP contribution in [0.15, 0.2) is 24.4 Å². The molecule has 0 saturated heterocycles. The summed E-state index contributed by atoms with van der Waals surface area (Å²) < 4.78 is 5.11. The Morgan fingerprint density at radius 1 is 1.64 bits per heavy atom. The summed E-state index contributed by atoms with van der Waals surface area (Å²) in [7, 11) is 1.71. The molecule has 72 valence electrons. The molecule has 0 bridgehead atoms. The first-order chi connectivity index (χ1) is 6.85. The van der Waals surface area contributed by atoms with Crippen LogP contribution >= 0.6 is 0 Å². The van der Waals surface area contributed by atoms with E-state index in [9.17, 15) is 0 Å². The van der Waals surface area contributed by atoms with Crippen molar-refractivity contribution in [1.29, 1.82) is 0 Å². The van der Waals surface area contributed by atoms with Gasteiger partial charge >= 0.3 is 0 Å². The van der Waals surface area contributed by atoms with Crippen LogP contribution in [0.25, 0.3) is 12.2 Å². The van der Waals surface area contributed by atoms with E-state index in [1.165, 1.54) is 11.1 Å². The Kier molecular flexibility index (Phi) is 2.46. The summed E-state index contributed by atoms with van der Waals surface area (Å²) in [4.78, 5) is 4.34. The molecule has 0 aromatic carbocycles. The zero-order valence-corrected chi connectivity index (χ0v) is 8.29. The summed E-state index contributed by atoms with van der Waals surface area (Å²) in [5.41, 5.74) is 4.77. The van der Waals surface area contributed by atoms with Crippen molar-refractivity contribution in [3.8, 4) is 0 Å². The van der Waals surface area contributed by atoms with Crippen molar-refractivity contribution in [2.75, 3.05) is 13.7 Å². The fourth-order valence-corrected chi connectivity index (χ4v) is 1.77. The molecule has 2 rings (SSSR count). The number of ether oxygens (including phenoxy) is 1. The molecule has 14 heavy (non-hydrogen) atoms. The van der Waals surface area contributed by atoms with Crippen molar-refractivity contribution in [3.05, 3.63) is 41.2 Å². The van der Waals surface area contributed by atoms with Gasteiger partial charge in [-0.3, -0.25) is 4.98 Å². The van der Waals surface area contributed by atoms with Crippen molar-refractivity contribution >= 4 is 12.2 Å². The summed E-state index contributed by atoms with van der Waals surface area (Å²) in [6.07, 6.45) is 6.76. The van der Waals surface area contributed by atoms with Crippen LogP contribution in [0.1, 0.15) is 16.8 Å². The average molecular weight is 187 g/mol. The Labute approximate surface area is 83.9 Å². The summed E-state index contributed by atoms with van der Waals surface area (Å²) in [6, 6.07) is 1.98. The Morgan fingerprint density at radius 3 is 3.21 bits per heavy atom. The third-order valence-electron chi connectivity index (χ3n) is 2.40. The zero-order chi connectivity index (χ0) is 9.97. The van der Waals surface area contributed by atoms with Gasteiger partial charge in [0.2, 0.25) is 0 Å². The highest BCUT2D eigenvalue weighted by Crippen LogP contribution is 2.26. The van der Waals surface area contributed by atoms with Gasteiger partial charge in [-0.05, 0) is 17.2 Å². The summed E-state index contributed by atoms with van der Waals surface area (Å²) >= 11 is 0. The number of fused-ring (bicyclic) bond motifs is 1. The van der Waals surface area contributed by atoms with Gasteiger partial charge in [0.1, 0.15) is 0 Å². The van der Waals surface area contributed by atoms with Crippen molar-refractivity contribution < 1.29 is 4.74 Å². The highest BCUT2D eigenvalue weighted by molar-refractivity contribution is 5.71. The lowest BCUT2D eigenvalue weighted by Gasteiger charge is -2.00. The Hall–Kier alpha value is -1.41. The van der Waals surface area contributed by atoms with Crippen LogP contribution in [-0.2, 0) is 11.2 Å². The topological polar surface area (TPSA) is 22.1 Å². The highest BCUT2D eigenvalue weighted by atomic mass is 16.5. The Balaban J connectivity index is 2.37. The summed E-state index contributed by atoms with van der Waals surface area (Å²) in [6.45, 7) is 4.48.